The summed E-state index contributed by atoms with van der Waals surface area (Å²) in [5.41, 5.74) is 0. The lowest BCUT2D eigenvalue weighted by molar-refractivity contribution is -0.118. The lowest BCUT2D eigenvalue weighted by Crippen LogP contribution is -2.28. The predicted molar refractivity (Wildman–Crippen MR) is 60.4 cm³/mol. The van der Waals surface area contributed by atoms with Gasteiger partial charge in [0.15, 0.2) is 0 Å². The number of carbonyl (C=O) groups excluding carboxylic acids is 1. The van der Waals surface area contributed by atoms with E-state index in [1.807, 2.05) is 38.2 Å². The van der Waals surface area contributed by atoms with E-state index in [4.69, 9.17) is 0 Å². The summed E-state index contributed by atoms with van der Waals surface area (Å²) in [5, 5.41) is 2.71. The van der Waals surface area contributed by atoms with Gasteiger partial charge in [-0.25, -0.2) is 0 Å². The van der Waals surface area contributed by atoms with E-state index < -0.39 is 0 Å². The Balaban J connectivity index is 4.06. The van der Waals surface area contributed by atoms with Gasteiger partial charge in [-0.3, -0.25) is 9.79 Å². The molecule has 0 bridgehead atoms. The molecule has 0 atom stereocenters. The van der Waals surface area contributed by atoms with Crippen LogP contribution in [0.4, 0.5) is 0 Å². The normalized spacial score (nSPS) is 12.6. The van der Waals surface area contributed by atoms with E-state index in [1.54, 1.807) is 7.05 Å². The number of hydrogen-bond donors (Lipinski definition) is 1. The molecule has 1 N–H and O–H groups in total. The number of amidine groups is 1. The Kier molecular flexibility index (Phi) is 7.42. The fourth-order valence-electron chi connectivity index (χ4n) is 0.820. The average molecular weight is 194 g/mol. The van der Waals surface area contributed by atoms with Crippen molar-refractivity contribution in [3.63, 3.8) is 0 Å². The zero-order valence-electron chi connectivity index (χ0n) is 9.08. The first kappa shape index (κ1) is 12.6. The maximum atomic E-state index is 11.3. The minimum absolute atomic E-state index is 0.0375. The Hall–Kier alpha value is -1.38. The van der Waals surface area contributed by atoms with Crippen LogP contribution in [0, 0.1) is 0 Å². The van der Waals surface area contributed by atoms with Crippen LogP contribution in [-0.2, 0) is 4.79 Å². The second-order valence-corrected chi connectivity index (χ2v) is 2.74. The molecule has 0 saturated heterocycles. The third kappa shape index (κ3) is 6.17. The molecule has 0 fully saturated rings. The predicted octanol–water partition coefficient (Wildman–Crippen LogP) is 2.06. The van der Waals surface area contributed by atoms with E-state index in [1.165, 1.54) is 0 Å². The number of hydrogen-bond acceptors (Lipinski definition) is 2. The summed E-state index contributed by atoms with van der Waals surface area (Å²) in [4.78, 5) is 15.2. The average Bonchev–Trinajstić information content (AvgIpc) is 2.21. The monoisotopic (exact) mass is 194 g/mol. The van der Waals surface area contributed by atoms with E-state index in [0.29, 0.717) is 12.3 Å². The molecule has 0 aliphatic heterocycles. The van der Waals surface area contributed by atoms with Crippen LogP contribution in [-0.4, -0.2) is 18.8 Å². The Morgan fingerprint density at radius 1 is 1.43 bits per heavy atom. The van der Waals surface area contributed by atoms with Gasteiger partial charge in [0.2, 0.25) is 5.91 Å². The minimum Gasteiger partial charge on any atom is -0.311 e. The van der Waals surface area contributed by atoms with Crippen LogP contribution in [0.5, 0.6) is 0 Å². The number of allylic oxidation sites excluding steroid dienone is 2. The van der Waals surface area contributed by atoms with Crippen molar-refractivity contribution in [1.29, 1.82) is 0 Å². The molecule has 0 rings (SSSR count). The van der Waals surface area contributed by atoms with Crippen molar-refractivity contribution in [3.05, 3.63) is 24.3 Å². The van der Waals surface area contributed by atoms with Gasteiger partial charge in [0, 0.05) is 13.5 Å². The highest BCUT2D eigenvalue weighted by molar-refractivity contribution is 6.04. The van der Waals surface area contributed by atoms with E-state index in [9.17, 15) is 4.79 Å². The van der Waals surface area contributed by atoms with Gasteiger partial charge in [0.05, 0.1) is 0 Å². The lowest BCUT2D eigenvalue weighted by Gasteiger charge is -2.01. The summed E-state index contributed by atoms with van der Waals surface area (Å²) in [6.07, 6.45) is 8.77. The van der Waals surface area contributed by atoms with Gasteiger partial charge < -0.3 is 5.32 Å². The Morgan fingerprint density at radius 2 is 2.14 bits per heavy atom. The molecule has 0 aromatic carbocycles. The van der Waals surface area contributed by atoms with Gasteiger partial charge in [-0.1, -0.05) is 25.2 Å². The molecule has 1 amide bonds. The topological polar surface area (TPSA) is 41.5 Å². The maximum Gasteiger partial charge on any atom is 0.229 e. The third-order valence-corrected chi connectivity index (χ3v) is 1.56. The van der Waals surface area contributed by atoms with E-state index in [0.717, 1.165) is 6.42 Å². The molecule has 3 heteroatoms. The van der Waals surface area contributed by atoms with Crippen molar-refractivity contribution in [2.45, 2.75) is 26.7 Å². The molecule has 0 aromatic heterocycles. The molecule has 0 radical (unpaired) electrons. The second kappa shape index (κ2) is 8.23. The van der Waals surface area contributed by atoms with Gasteiger partial charge in [-0.05, 0) is 19.4 Å². The van der Waals surface area contributed by atoms with Gasteiger partial charge >= 0.3 is 0 Å². The van der Waals surface area contributed by atoms with Crippen LogP contribution < -0.4 is 5.32 Å². The largest absolute Gasteiger partial charge is 0.311 e. The molecule has 0 heterocycles. The molecule has 0 aliphatic rings. The zero-order chi connectivity index (χ0) is 10.8. The molecule has 0 aromatic rings. The Bertz CT molecular complexity index is 252. The smallest absolute Gasteiger partial charge is 0.229 e. The number of nitrogens with one attached hydrogen (secondary N) is 1. The molecule has 0 aliphatic carbocycles. The first-order valence-corrected chi connectivity index (χ1v) is 4.78. The first-order valence-electron chi connectivity index (χ1n) is 4.78. The number of amides is 1. The fraction of sp³-hybridized carbons (Fsp3) is 0.455. The number of carbonyl (C=O) groups is 1. The van der Waals surface area contributed by atoms with Gasteiger partial charge in [0.25, 0.3) is 0 Å². The van der Waals surface area contributed by atoms with Gasteiger partial charge in [-0.2, -0.15) is 0 Å². The lowest BCUT2D eigenvalue weighted by atomic mass is 10.3. The summed E-state index contributed by atoms with van der Waals surface area (Å²) in [7, 11) is 1.66. The number of rotatable bonds is 4. The second-order valence-electron chi connectivity index (χ2n) is 2.74. The van der Waals surface area contributed by atoms with Crippen molar-refractivity contribution in [2.75, 3.05) is 7.05 Å². The maximum absolute atomic E-state index is 11.3. The fourth-order valence-corrected chi connectivity index (χ4v) is 0.820. The molecule has 0 saturated carbocycles. The summed E-state index contributed by atoms with van der Waals surface area (Å²) >= 11 is 0. The number of nitrogens with zero attached hydrogens (tertiary/aromatic N) is 1. The van der Waals surface area contributed by atoms with E-state index >= 15 is 0 Å². The molecular weight excluding hydrogens is 176 g/mol. The minimum atomic E-state index is -0.0375. The third-order valence-electron chi connectivity index (χ3n) is 1.56. The van der Waals surface area contributed by atoms with Crippen molar-refractivity contribution in [1.82, 2.24) is 5.32 Å². The number of aliphatic imine (C=N–C) groups is 1. The molecule has 0 spiro atoms. The SMILES string of the molecule is C/C=C\CC(=O)NC(/C=C\CC)=NC. The Morgan fingerprint density at radius 3 is 2.64 bits per heavy atom. The summed E-state index contributed by atoms with van der Waals surface area (Å²) in [6, 6.07) is 0. The molecule has 78 valence electrons. The Labute approximate surface area is 85.6 Å². The van der Waals surface area contributed by atoms with Crippen LogP contribution in [0.3, 0.4) is 0 Å². The summed E-state index contributed by atoms with van der Waals surface area (Å²) in [6.45, 7) is 3.92. The molecule has 14 heavy (non-hydrogen) atoms. The van der Waals surface area contributed by atoms with Crippen LogP contribution >= 0.6 is 0 Å². The molecule has 3 nitrogen and oxygen atoms in total. The van der Waals surface area contributed by atoms with Gasteiger partial charge in [-0.15, -0.1) is 0 Å². The summed E-state index contributed by atoms with van der Waals surface area (Å²) < 4.78 is 0. The van der Waals surface area contributed by atoms with E-state index in [-0.39, 0.29) is 5.91 Å². The molecule has 0 unspecified atom stereocenters. The van der Waals surface area contributed by atoms with Crippen LogP contribution in [0.1, 0.15) is 26.7 Å². The summed E-state index contributed by atoms with van der Waals surface area (Å²) in [5.74, 6) is 0.575. The van der Waals surface area contributed by atoms with Crippen molar-refractivity contribution >= 4 is 11.7 Å². The molecular formula is C11H18N2O. The van der Waals surface area contributed by atoms with Crippen molar-refractivity contribution in [2.24, 2.45) is 4.99 Å². The van der Waals surface area contributed by atoms with Crippen LogP contribution in [0.2, 0.25) is 0 Å². The van der Waals surface area contributed by atoms with Gasteiger partial charge in [0.1, 0.15) is 5.84 Å². The van der Waals surface area contributed by atoms with Crippen molar-refractivity contribution < 1.29 is 4.79 Å². The quantitative estimate of drug-likeness (QED) is 0.415. The van der Waals surface area contributed by atoms with Crippen molar-refractivity contribution in [3.8, 4) is 0 Å². The highest BCUT2D eigenvalue weighted by Gasteiger charge is 1.99. The zero-order valence-corrected chi connectivity index (χ0v) is 9.08. The highest BCUT2D eigenvalue weighted by atomic mass is 16.1. The van der Waals surface area contributed by atoms with E-state index in [2.05, 4.69) is 10.3 Å². The van der Waals surface area contributed by atoms with Crippen LogP contribution in [0.25, 0.3) is 0 Å². The first-order chi connectivity index (χ1) is 6.74. The standard InChI is InChI=1S/C11H18N2O/c1-4-6-8-10(12-3)13-11(14)9-7-5-2/h5-8H,4,9H2,1-3H3,(H,12,13,14)/b7-5-,8-6-. The highest BCUT2D eigenvalue weighted by Crippen LogP contribution is 1.86. The van der Waals surface area contributed by atoms with Crippen LogP contribution in [0.15, 0.2) is 29.3 Å².